The van der Waals surface area contributed by atoms with Gasteiger partial charge in [0.15, 0.2) is 0 Å². The minimum Gasteiger partial charge on any atom is -0.447 e. The maximum Gasteiger partial charge on any atom is 0.410 e. The molecule has 3 heterocycles. The van der Waals surface area contributed by atoms with Crippen LogP contribution in [-0.4, -0.2) is 121 Å². The molecule has 0 unspecified atom stereocenters. The summed E-state index contributed by atoms with van der Waals surface area (Å²) in [6.07, 6.45) is 25.0. The molecule has 0 bridgehead atoms. The average Bonchev–Trinajstić information content (AvgIpc) is 3.90. The summed E-state index contributed by atoms with van der Waals surface area (Å²) in [7, 11) is 0. The number of amides is 3. The number of hydrogen-bond acceptors (Lipinski definition) is 9. The van der Waals surface area contributed by atoms with Crippen LogP contribution in [0.15, 0.2) is 75.9 Å². The maximum atomic E-state index is 12.0. The molecule has 0 spiro atoms. The summed E-state index contributed by atoms with van der Waals surface area (Å²) in [5.41, 5.74) is -2.47. The molecule has 6 atom stereocenters. The molecule has 12 nitrogen and oxygen atoms in total. The molecule has 57 heavy (non-hydrogen) atoms. The molecule has 3 aliphatic carbocycles. The lowest BCUT2D eigenvalue weighted by Crippen LogP contribution is -2.56. The van der Waals surface area contributed by atoms with Crippen LogP contribution < -0.4 is 0 Å². The second-order valence-corrected chi connectivity index (χ2v) is 16.5. The predicted molar refractivity (Wildman–Crippen MR) is 221 cm³/mol. The third-order valence-electron chi connectivity index (χ3n) is 12.8. The molecule has 6 fully saturated rings. The van der Waals surface area contributed by atoms with Crippen molar-refractivity contribution >= 4 is 18.3 Å². The van der Waals surface area contributed by atoms with Gasteiger partial charge in [-0.1, -0.05) is 94.2 Å². The van der Waals surface area contributed by atoms with Crippen molar-refractivity contribution < 1.29 is 43.9 Å². The van der Waals surface area contributed by atoms with Crippen LogP contribution in [0.25, 0.3) is 0 Å². The molecule has 6 rings (SSSR count). The number of ether oxygens (including phenoxy) is 3. The highest BCUT2D eigenvalue weighted by Crippen LogP contribution is 2.40. The molecule has 3 amide bonds. The van der Waals surface area contributed by atoms with Crippen LogP contribution in [0.2, 0.25) is 0 Å². The van der Waals surface area contributed by atoms with E-state index in [9.17, 15) is 29.7 Å². The molecule has 0 aromatic heterocycles. The van der Waals surface area contributed by atoms with Crippen molar-refractivity contribution in [1.82, 2.24) is 14.7 Å². The fourth-order valence-electron chi connectivity index (χ4n) is 9.70. The fraction of sp³-hybridized carbons (Fsp3) is 0.667. The average molecular weight is 796 g/mol. The molecule has 3 aliphatic heterocycles. The lowest BCUT2D eigenvalue weighted by Gasteiger charge is -2.43. The van der Waals surface area contributed by atoms with E-state index in [4.69, 9.17) is 14.2 Å². The van der Waals surface area contributed by atoms with Crippen molar-refractivity contribution in [3.63, 3.8) is 0 Å². The molecule has 3 saturated carbocycles. The molecule has 0 aromatic rings. The predicted octanol–water partition coefficient (Wildman–Crippen LogP) is 7.90. The number of carbonyl (C=O) groups excluding carboxylic acids is 3. The number of rotatable bonds is 15. The van der Waals surface area contributed by atoms with Crippen LogP contribution in [0.3, 0.4) is 0 Å². The second kappa shape index (κ2) is 21.2. The maximum absolute atomic E-state index is 12.0. The van der Waals surface area contributed by atoms with Crippen LogP contribution in [0, 0.1) is 0 Å². The van der Waals surface area contributed by atoms with Gasteiger partial charge >= 0.3 is 18.3 Å². The van der Waals surface area contributed by atoms with Crippen LogP contribution in [0.4, 0.5) is 14.4 Å². The summed E-state index contributed by atoms with van der Waals surface area (Å²) < 4.78 is 15.3. The normalized spacial score (nSPS) is 27.7. The van der Waals surface area contributed by atoms with E-state index in [1.165, 1.54) is 0 Å². The number of carbonyl (C=O) groups is 3. The number of nitrogens with zero attached hydrogens (tertiary/aromatic N) is 3. The van der Waals surface area contributed by atoms with E-state index in [1.54, 1.807) is 51.2 Å². The van der Waals surface area contributed by atoms with E-state index in [-0.39, 0.29) is 54.5 Å². The topological polar surface area (TPSA) is 149 Å². The quantitative estimate of drug-likeness (QED) is 0.111. The van der Waals surface area contributed by atoms with E-state index in [0.29, 0.717) is 39.1 Å². The van der Waals surface area contributed by atoms with Crippen molar-refractivity contribution in [2.24, 2.45) is 0 Å². The molecule has 6 aliphatic rings. The second-order valence-electron chi connectivity index (χ2n) is 16.5. The standard InChI is InChI=1S/3C15H23NO3/c3*1-3-8-13(15(18)9-6-5-7-10-15)16-12(4-2)11-19-14(16)17/h3*3-4,12-13,18H,1-2,5-11H2/t3*12-,13-/m000/s1. The van der Waals surface area contributed by atoms with Gasteiger partial charge in [-0.15, -0.1) is 39.5 Å². The highest BCUT2D eigenvalue weighted by Gasteiger charge is 2.49. The van der Waals surface area contributed by atoms with E-state index < -0.39 is 16.8 Å². The van der Waals surface area contributed by atoms with Crippen LogP contribution in [0.5, 0.6) is 0 Å². The van der Waals surface area contributed by atoms with Gasteiger partial charge in [-0.25, -0.2) is 14.4 Å². The SMILES string of the molecule is C=CC[C@H](N1C(=O)OC[C@@H]1C=C)C1(O)CCCCC1.C=CC[C@H](N1C(=O)OC[C@@H]1C=C)C1(O)CCCCC1.C=CC[C@H](N1C(=O)OC[C@@H]1C=C)C1(O)CCCCC1. The van der Waals surface area contributed by atoms with Gasteiger partial charge < -0.3 is 29.5 Å². The van der Waals surface area contributed by atoms with Crippen LogP contribution in [0.1, 0.15) is 116 Å². The summed E-state index contributed by atoms with van der Waals surface area (Å²) in [6, 6.07) is -1.23. The third kappa shape index (κ3) is 10.8. The van der Waals surface area contributed by atoms with Gasteiger partial charge in [-0.2, -0.15) is 0 Å². The van der Waals surface area contributed by atoms with E-state index in [1.807, 2.05) is 0 Å². The third-order valence-corrected chi connectivity index (χ3v) is 12.8. The Kier molecular flexibility index (Phi) is 17.1. The summed E-state index contributed by atoms with van der Waals surface area (Å²) in [4.78, 5) is 40.8. The lowest BCUT2D eigenvalue weighted by atomic mass is 9.77. The fourth-order valence-corrected chi connectivity index (χ4v) is 9.70. The number of hydrogen-bond donors (Lipinski definition) is 3. The summed E-state index contributed by atoms with van der Waals surface area (Å²) in [5, 5.41) is 32.8. The first kappa shape index (κ1) is 45.8. The largest absolute Gasteiger partial charge is 0.447 e. The van der Waals surface area contributed by atoms with Gasteiger partial charge in [0.05, 0.1) is 53.1 Å². The molecule has 0 radical (unpaired) electrons. The van der Waals surface area contributed by atoms with Gasteiger partial charge in [0.1, 0.15) is 19.8 Å². The van der Waals surface area contributed by atoms with Crippen molar-refractivity contribution in [3.05, 3.63) is 75.9 Å². The zero-order valence-electron chi connectivity index (χ0n) is 34.2. The first-order valence-corrected chi connectivity index (χ1v) is 21.1. The highest BCUT2D eigenvalue weighted by molar-refractivity contribution is 5.72. The van der Waals surface area contributed by atoms with Crippen molar-refractivity contribution in [1.29, 1.82) is 0 Å². The Balaban J connectivity index is 0.000000189. The molecule has 12 heteroatoms. The number of cyclic esters (lactones) is 3. The summed E-state index contributed by atoms with van der Waals surface area (Å²) >= 11 is 0. The lowest BCUT2D eigenvalue weighted by molar-refractivity contribution is -0.0614. The zero-order valence-corrected chi connectivity index (χ0v) is 34.2. The van der Waals surface area contributed by atoms with E-state index >= 15 is 0 Å². The molecule has 0 aromatic carbocycles. The molecule has 318 valence electrons. The molecule has 3 saturated heterocycles. The van der Waals surface area contributed by atoms with E-state index in [0.717, 1.165) is 96.3 Å². The van der Waals surface area contributed by atoms with Crippen molar-refractivity contribution in [3.8, 4) is 0 Å². The van der Waals surface area contributed by atoms with Gasteiger partial charge in [0.2, 0.25) is 0 Å². The Bertz CT molecular complexity index is 1250. The summed E-state index contributed by atoms with van der Waals surface area (Å²) in [6.45, 7) is 23.5. The summed E-state index contributed by atoms with van der Waals surface area (Å²) in [5.74, 6) is 0. The van der Waals surface area contributed by atoms with Crippen molar-refractivity contribution in [2.45, 2.75) is 169 Å². The Morgan fingerprint density at radius 2 is 0.702 bits per heavy atom. The minimum absolute atomic E-state index is 0.150. The molecule has 3 N–H and O–H groups in total. The Hall–Kier alpha value is -3.87. The molecular weight excluding hydrogens is 727 g/mol. The minimum atomic E-state index is -0.822. The van der Waals surface area contributed by atoms with Crippen LogP contribution >= 0.6 is 0 Å². The van der Waals surface area contributed by atoms with E-state index in [2.05, 4.69) is 39.5 Å². The smallest absolute Gasteiger partial charge is 0.410 e. The van der Waals surface area contributed by atoms with Crippen LogP contribution in [-0.2, 0) is 14.2 Å². The highest BCUT2D eigenvalue weighted by atomic mass is 16.6. The zero-order chi connectivity index (χ0) is 41.6. The van der Waals surface area contributed by atoms with Gasteiger partial charge in [-0.05, 0) is 57.8 Å². The Morgan fingerprint density at radius 3 is 0.895 bits per heavy atom. The first-order valence-electron chi connectivity index (χ1n) is 21.1. The van der Waals surface area contributed by atoms with Gasteiger partial charge in [0.25, 0.3) is 0 Å². The molecular formula is C45H69N3O9. The van der Waals surface area contributed by atoms with Gasteiger partial charge in [0, 0.05) is 0 Å². The Morgan fingerprint density at radius 1 is 0.474 bits per heavy atom. The van der Waals surface area contributed by atoms with Crippen molar-refractivity contribution in [2.75, 3.05) is 19.8 Å². The first-order chi connectivity index (χ1) is 27.4. The monoisotopic (exact) mass is 796 g/mol. The Labute approximate surface area is 340 Å². The number of aliphatic hydroxyl groups is 3. The van der Waals surface area contributed by atoms with Gasteiger partial charge in [-0.3, -0.25) is 14.7 Å².